The van der Waals surface area contributed by atoms with Crippen molar-refractivity contribution in [3.63, 3.8) is 0 Å². The highest BCUT2D eigenvalue weighted by molar-refractivity contribution is 7.09. The van der Waals surface area contributed by atoms with Crippen LogP contribution in [0.1, 0.15) is 29.4 Å². The Morgan fingerprint density at radius 3 is 2.94 bits per heavy atom. The summed E-state index contributed by atoms with van der Waals surface area (Å²) >= 11 is 1.70. The van der Waals surface area contributed by atoms with E-state index in [1.807, 2.05) is 24.6 Å². The quantitative estimate of drug-likeness (QED) is 0.880. The fourth-order valence-corrected chi connectivity index (χ4v) is 2.28. The van der Waals surface area contributed by atoms with Gasteiger partial charge in [0, 0.05) is 36.8 Å². The second-order valence-electron chi connectivity index (χ2n) is 4.00. The average molecular weight is 248 g/mol. The number of aromatic nitrogens is 3. The number of aryl methyl sites for hydroxylation is 1. The molecule has 90 valence electrons. The van der Waals surface area contributed by atoms with E-state index in [4.69, 9.17) is 0 Å². The van der Waals surface area contributed by atoms with Gasteiger partial charge in [0.15, 0.2) is 0 Å². The van der Waals surface area contributed by atoms with Crippen LogP contribution in [0.3, 0.4) is 0 Å². The summed E-state index contributed by atoms with van der Waals surface area (Å²) < 4.78 is 0. The molecule has 0 aliphatic rings. The van der Waals surface area contributed by atoms with Gasteiger partial charge in [-0.2, -0.15) is 0 Å². The van der Waals surface area contributed by atoms with Crippen LogP contribution < -0.4 is 5.32 Å². The third kappa shape index (κ3) is 3.57. The Morgan fingerprint density at radius 1 is 1.35 bits per heavy atom. The number of nitrogens with zero attached hydrogens (tertiary/aromatic N) is 3. The number of hydrogen-bond acceptors (Lipinski definition) is 5. The summed E-state index contributed by atoms with van der Waals surface area (Å²) in [5, 5.41) is 6.58. The summed E-state index contributed by atoms with van der Waals surface area (Å²) in [6, 6.07) is 1.94. The summed E-state index contributed by atoms with van der Waals surface area (Å²) in [5.41, 5.74) is 1.03. The van der Waals surface area contributed by atoms with Crippen LogP contribution in [0, 0.1) is 6.92 Å². The molecule has 0 fully saturated rings. The van der Waals surface area contributed by atoms with Crippen molar-refractivity contribution in [1.29, 1.82) is 0 Å². The molecule has 5 heteroatoms. The van der Waals surface area contributed by atoms with E-state index < -0.39 is 0 Å². The maximum Gasteiger partial charge on any atom is 0.125 e. The second-order valence-corrected chi connectivity index (χ2v) is 4.92. The average Bonchev–Trinajstić information content (AvgIpc) is 2.82. The number of rotatable bonds is 5. The van der Waals surface area contributed by atoms with Gasteiger partial charge < -0.3 is 5.32 Å². The first-order chi connectivity index (χ1) is 8.25. The molecule has 0 amide bonds. The van der Waals surface area contributed by atoms with E-state index in [9.17, 15) is 0 Å². The molecule has 1 atom stereocenters. The van der Waals surface area contributed by atoms with Gasteiger partial charge >= 0.3 is 0 Å². The normalized spacial score (nSPS) is 12.6. The van der Waals surface area contributed by atoms with E-state index >= 15 is 0 Å². The molecular formula is C12H16N4S. The van der Waals surface area contributed by atoms with Gasteiger partial charge in [0.1, 0.15) is 5.82 Å². The van der Waals surface area contributed by atoms with Crippen LogP contribution in [-0.4, -0.2) is 21.5 Å². The smallest absolute Gasteiger partial charge is 0.125 e. The largest absolute Gasteiger partial charge is 0.310 e. The van der Waals surface area contributed by atoms with E-state index in [2.05, 4.69) is 27.2 Å². The minimum Gasteiger partial charge on any atom is -0.310 e. The number of hydrogen-bond donors (Lipinski definition) is 1. The Bertz CT molecular complexity index is 455. The molecule has 2 rings (SSSR count). The lowest BCUT2D eigenvalue weighted by Gasteiger charge is -2.09. The first kappa shape index (κ1) is 12.1. The van der Waals surface area contributed by atoms with Gasteiger partial charge in [-0.25, -0.2) is 15.0 Å². The summed E-state index contributed by atoms with van der Waals surface area (Å²) in [7, 11) is 0. The van der Waals surface area contributed by atoms with Crippen LogP contribution in [0.15, 0.2) is 23.8 Å². The molecule has 4 nitrogen and oxygen atoms in total. The van der Waals surface area contributed by atoms with Crippen molar-refractivity contribution in [3.8, 4) is 0 Å². The predicted octanol–water partition coefficient (Wildman–Crippen LogP) is 2.13. The zero-order valence-corrected chi connectivity index (χ0v) is 10.9. The monoisotopic (exact) mass is 248 g/mol. The second kappa shape index (κ2) is 5.84. The zero-order valence-electron chi connectivity index (χ0n) is 10.1. The number of thiazole rings is 1. The maximum absolute atomic E-state index is 4.35. The van der Waals surface area contributed by atoms with Crippen LogP contribution in [0.5, 0.6) is 0 Å². The highest BCUT2D eigenvalue weighted by Gasteiger charge is 2.07. The molecule has 0 aliphatic heterocycles. The van der Waals surface area contributed by atoms with E-state index in [-0.39, 0.29) is 0 Å². The third-order valence-electron chi connectivity index (χ3n) is 2.46. The summed E-state index contributed by atoms with van der Waals surface area (Å²) in [6.07, 6.45) is 3.65. The molecule has 0 saturated carbocycles. The molecule has 0 spiro atoms. The molecule has 17 heavy (non-hydrogen) atoms. The minimum absolute atomic E-state index is 0.443. The van der Waals surface area contributed by atoms with Crippen molar-refractivity contribution >= 4 is 11.3 Å². The fourth-order valence-electron chi connectivity index (χ4n) is 1.59. The van der Waals surface area contributed by atoms with E-state index in [1.165, 1.54) is 5.01 Å². The van der Waals surface area contributed by atoms with Gasteiger partial charge in [-0.1, -0.05) is 6.92 Å². The zero-order chi connectivity index (χ0) is 12.1. The Labute approximate surface area is 105 Å². The summed E-state index contributed by atoms with van der Waals surface area (Å²) in [4.78, 5) is 12.7. The highest BCUT2D eigenvalue weighted by Crippen LogP contribution is 2.16. The molecule has 0 aliphatic carbocycles. The topological polar surface area (TPSA) is 50.7 Å². The van der Waals surface area contributed by atoms with E-state index in [1.54, 1.807) is 17.5 Å². The standard InChI is InChI=1S/C12H16N4S/c1-9(12-15-5-6-17-12)7-13-8-11-3-4-14-10(2)16-11/h3-6,9,13H,7-8H2,1-2H3. The molecule has 0 radical (unpaired) electrons. The maximum atomic E-state index is 4.35. The molecule has 2 heterocycles. The molecule has 0 bridgehead atoms. The molecular weight excluding hydrogens is 232 g/mol. The lowest BCUT2D eigenvalue weighted by molar-refractivity contribution is 0.604. The van der Waals surface area contributed by atoms with E-state index in [0.717, 1.165) is 24.6 Å². The van der Waals surface area contributed by atoms with Gasteiger partial charge in [0.05, 0.1) is 10.7 Å². The summed E-state index contributed by atoms with van der Waals surface area (Å²) in [5.74, 6) is 1.26. The Hall–Kier alpha value is -1.33. The van der Waals surface area contributed by atoms with Crippen LogP contribution >= 0.6 is 11.3 Å². The van der Waals surface area contributed by atoms with Crippen molar-refractivity contribution in [2.75, 3.05) is 6.54 Å². The van der Waals surface area contributed by atoms with Gasteiger partial charge in [0.25, 0.3) is 0 Å². The lowest BCUT2D eigenvalue weighted by Crippen LogP contribution is -2.20. The van der Waals surface area contributed by atoms with Crippen molar-refractivity contribution in [1.82, 2.24) is 20.3 Å². The Morgan fingerprint density at radius 2 is 2.24 bits per heavy atom. The van der Waals surface area contributed by atoms with Gasteiger partial charge in [-0.3, -0.25) is 0 Å². The van der Waals surface area contributed by atoms with Crippen LogP contribution in [0.25, 0.3) is 0 Å². The predicted molar refractivity (Wildman–Crippen MR) is 69.0 cm³/mol. The third-order valence-corrected chi connectivity index (χ3v) is 3.47. The lowest BCUT2D eigenvalue weighted by atomic mass is 10.2. The Kier molecular flexibility index (Phi) is 4.17. The SMILES string of the molecule is Cc1nccc(CNCC(C)c2nccs2)n1. The van der Waals surface area contributed by atoms with Crippen molar-refractivity contribution in [3.05, 3.63) is 40.4 Å². The van der Waals surface area contributed by atoms with Gasteiger partial charge in [0.2, 0.25) is 0 Å². The molecule has 1 N–H and O–H groups in total. The van der Waals surface area contributed by atoms with Crippen LogP contribution in [0.2, 0.25) is 0 Å². The molecule has 1 unspecified atom stereocenters. The van der Waals surface area contributed by atoms with E-state index in [0.29, 0.717) is 5.92 Å². The molecule has 0 saturated heterocycles. The highest BCUT2D eigenvalue weighted by atomic mass is 32.1. The van der Waals surface area contributed by atoms with Crippen LogP contribution in [-0.2, 0) is 6.54 Å². The molecule has 0 aromatic carbocycles. The van der Waals surface area contributed by atoms with Gasteiger partial charge in [-0.15, -0.1) is 11.3 Å². The summed E-state index contributed by atoms with van der Waals surface area (Å²) in [6.45, 7) is 5.77. The van der Waals surface area contributed by atoms with Crippen molar-refractivity contribution in [2.45, 2.75) is 26.3 Å². The van der Waals surface area contributed by atoms with Crippen molar-refractivity contribution in [2.24, 2.45) is 0 Å². The van der Waals surface area contributed by atoms with Gasteiger partial charge in [-0.05, 0) is 13.0 Å². The first-order valence-corrected chi connectivity index (χ1v) is 6.52. The minimum atomic E-state index is 0.443. The molecule has 2 aromatic rings. The molecule has 2 aromatic heterocycles. The van der Waals surface area contributed by atoms with Crippen LogP contribution in [0.4, 0.5) is 0 Å². The Balaban J connectivity index is 1.80. The number of nitrogens with one attached hydrogen (secondary N) is 1. The fraction of sp³-hybridized carbons (Fsp3) is 0.417. The van der Waals surface area contributed by atoms with Crippen molar-refractivity contribution < 1.29 is 0 Å². The first-order valence-electron chi connectivity index (χ1n) is 5.64.